The Hall–Kier alpha value is -2.17. The van der Waals surface area contributed by atoms with E-state index in [1.807, 2.05) is 0 Å². The van der Waals surface area contributed by atoms with Gasteiger partial charge in [0.05, 0.1) is 11.3 Å². The average Bonchev–Trinajstić information content (AvgIpc) is 2.15. The standard InChI is InChI=1S/C9H7NO4/c11-8(12)4-3-7-2-1-6(5-10-7)9(13)14/h1-5H,(H,11,12)(H,13,14). The highest BCUT2D eigenvalue weighted by Crippen LogP contribution is 2.01. The fraction of sp³-hybridized carbons (Fsp3) is 0. The Morgan fingerprint density at radius 1 is 1.29 bits per heavy atom. The molecule has 0 spiro atoms. The number of nitrogens with zero attached hydrogens (tertiary/aromatic N) is 1. The Balaban J connectivity index is 2.83. The van der Waals surface area contributed by atoms with Crippen LogP contribution >= 0.6 is 0 Å². The molecule has 0 amide bonds. The number of carboxylic acid groups (broad SMARTS) is 2. The van der Waals surface area contributed by atoms with Crippen LogP contribution in [0.1, 0.15) is 16.1 Å². The summed E-state index contributed by atoms with van der Waals surface area (Å²) in [7, 11) is 0. The minimum Gasteiger partial charge on any atom is -0.478 e. The van der Waals surface area contributed by atoms with Crippen molar-refractivity contribution in [3.63, 3.8) is 0 Å². The number of pyridine rings is 1. The van der Waals surface area contributed by atoms with Crippen LogP contribution in [0.5, 0.6) is 0 Å². The molecule has 0 bridgehead atoms. The second-order valence-electron chi connectivity index (χ2n) is 2.45. The first-order valence-corrected chi connectivity index (χ1v) is 3.70. The Kier molecular flexibility index (Phi) is 2.96. The van der Waals surface area contributed by atoms with Gasteiger partial charge in [0.25, 0.3) is 0 Å². The van der Waals surface area contributed by atoms with E-state index in [0.717, 1.165) is 6.08 Å². The maximum absolute atomic E-state index is 10.4. The maximum atomic E-state index is 10.4. The van der Waals surface area contributed by atoms with Crippen molar-refractivity contribution in [3.05, 3.63) is 35.7 Å². The van der Waals surface area contributed by atoms with Crippen LogP contribution in [0.4, 0.5) is 0 Å². The second kappa shape index (κ2) is 4.18. The van der Waals surface area contributed by atoms with Crippen molar-refractivity contribution >= 4 is 18.0 Å². The molecule has 72 valence electrons. The average molecular weight is 193 g/mol. The van der Waals surface area contributed by atoms with E-state index in [1.165, 1.54) is 24.4 Å². The Morgan fingerprint density at radius 3 is 2.43 bits per heavy atom. The van der Waals surface area contributed by atoms with Gasteiger partial charge in [0.1, 0.15) is 0 Å². The first-order chi connectivity index (χ1) is 6.59. The molecule has 5 nitrogen and oxygen atoms in total. The highest BCUT2D eigenvalue weighted by Gasteiger charge is 2.01. The summed E-state index contributed by atoms with van der Waals surface area (Å²) in [5.41, 5.74) is 0.467. The SMILES string of the molecule is O=C(O)C=Cc1ccc(C(=O)O)cn1. The molecule has 1 rings (SSSR count). The van der Waals surface area contributed by atoms with E-state index in [4.69, 9.17) is 10.2 Å². The molecule has 0 radical (unpaired) electrons. The molecular weight excluding hydrogens is 186 g/mol. The van der Waals surface area contributed by atoms with Gasteiger partial charge in [-0.1, -0.05) is 0 Å². The highest BCUT2D eigenvalue weighted by atomic mass is 16.4. The molecule has 0 saturated heterocycles. The van der Waals surface area contributed by atoms with Crippen molar-refractivity contribution in [1.82, 2.24) is 4.98 Å². The molecule has 0 aliphatic heterocycles. The lowest BCUT2D eigenvalue weighted by atomic mass is 10.2. The molecular formula is C9H7NO4. The topological polar surface area (TPSA) is 87.5 Å². The summed E-state index contributed by atoms with van der Waals surface area (Å²) in [5, 5.41) is 16.9. The summed E-state index contributed by atoms with van der Waals surface area (Å²) in [6.07, 6.45) is 3.39. The van der Waals surface area contributed by atoms with Gasteiger partial charge >= 0.3 is 11.9 Å². The van der Waals surface area contributed by atoms with Crippen molar-refractivity contribution < 1.29 is 19.8 Å². The van der Waals surface area contributed by atoms with Gasteiger partial charge in [0.15, 0.2) is 0 Å². The monoisotopic (exact) mass is 193 g/mol. The van der Waals surface area contributed by atoms with Crippen molar-refractivity contribution in [2.45, 2.75) is 0 Å². The van der Waals surface area contributed by atoms with Crippen molar-refractivity contribution in [2.24, 2.45) is 0 Å². The van der Waals surface area contributed by atoms with Crippen LogP contribution in [0.15, 0.2) is 24.4 Å². The number of hydrogen-bond acceptors (Lipinski definition) is 3. The van der Waals surface area contributed by atoms with E-state index >= 15 is 0 Å². The van der Waals surface area contributed by atoms with E-state index in [0.29, 0.717) is 5.69 Å². The molecule has 0 saturated carbocycles. The lowest BCUT2D eigenvalue weighted by Crippen LogP contribution is -1.97. The molecule has 1 aromatic rings. The third kappa shape index (κ3) is 2.71. The maximum Gasteiger partial charge on any atom is 0.337 e. The van der Waals surface area contributed by atoms with E-state index in [-0.39, 0.29) is 5.56 Å². The van der Waals surface area contributed by atoms with Gasteiger partial charge in [0.2, 0.25) is 0 Å². The lowest BCUT2D eigenvalue weighted by Gasteiger charge is -1.93. The predicted octanol–water partition coefficient (Wildman–Crippen LogP) is 0.878. The Morgan fingerprint density at radius 2 is 2.00 bits per heavy atom. The summed E-state index contributed by atoms with van der Waals surface area (Å²) < 4.78 is 0. The largest absolute Gasteiger partial charge is 0.478 e. The second-order valence-corrected chi connectivity index (χ2v) is 2.45. The third-order valence-electron chi connectivity index (χ3n) is 1.43. The van der Waals surface area contributed by atoms with Crippen molar-refractivity contribution in [3.8, 4) is 0 Å². The fourth-order valence-corrected chi connectivity index (χ4v) is 0.787. The quantitative estimate of drug-likeness (QED) is 0.695. The third-order valence-corrected chi connectivity index (χ3v) is 1.43. The summed E-state index contributed by atoms with van der Waals surface area (Å²) in [4.78, 5) is 24.3. The number of aromatic nitrogens is 1. The van der Waals surface area contributed by atoms with E-state index < -0.39 is 11.9 Å². The first-order valence-electron chi connectivity index (χ1n) is 3.70. The molecule has 0 unspecified atom stereocenters. The molecule has 0 aromatic carbocycles. The van der Waals surface area contributed by atoms with Gasteiger partial charge in [-0.2, -0.15) is 0 Å². The normalized spacial score (nSPS) is 10.3. The first kappa shape index (κ1) is 9.91. The molecule has 0 fully saturated rings. The van der Waals surface area contributed by atoms with Crippen molar-refractivity contribution in [2.75, 3.05) is 0 Å². The van der Waals surface area contributed by atoms with Gasteiger partial charge in [-0.25, -0.2) is 9.59 Å². The van der Waals surface area contributed by atoms with Crippen LogP contribution in [0.25, 0.3) is 6.08 Å². The number of carboxylic acids is 2. The van der Waals surface area contributed by atoms with Crippen molar-refractivity contribution in [1.29, 1.82) is 0 Å². The number of hydrogen-bond donors (Lipinski definition) is 2. The van der Waals surface area contributed by atoms with Crippen LogP contribution in [0.3, 0.4) is 0 Å². The zero-order valence-electron chi connectivity index (χ0n) is 7.04. The molecule has 1 aromatic heterocycles. The minimum atomic E-state index is -1.07. The fourth-order valence-electron chi connectivity index (χ4n) is 0.787. The van der Waals surface area contributed by atoms with E-state index in [2.05, 4.69) is 4.98 Å². The highest BCUT2D eigenvalue weighted by molar-refractivity contribution is 5.87. The van der Waals surface area contributed by atoms with E-state index in [1.54, 1.807) is 0 Å². The summed E-state index contributed by atoms with van der Waals surface area (Å²) in [6.45, 7) is 0. The minimum absolute atomic E-state index is 0.0671. The number of carbonyl (C=O) groups is 2. The zero-order valence-corrected chi connectivity index (χ0v) is 7.04. The molecule has 14 heavy (non-hydrogen) atoms. The van der Waals surface area contributed by atoms with Crippen LogP contribution in [0.2, 0.25) is 0 Å². The molecule has 0 atom stereocenters. The molecule has 2 N–H and O–H groups in total. The predicted molar refractivity (Wildman–Crippen MR) is 47.9 cm³/mol. The molecule has 0 aliphatic carbocycles. The number of aliphatic carboxylic acids is 1. The van der Waals surface area contributed by atoms with Gasteiger partial charge in [-0.3, -0.25) is 4.98 Å². The molecule has 0 aliphatic rings. The number of aromatic carboxylic acids is 1. The summed E-state index contributed by atoms with van der Waals surface area (Å²) in [6, 6.07) is 2.79. The van der Waals surface area contributed by atoms with E-state index in [9.17, 15) is 9.59 Å². The lowest BCUT2D eigenvalue weighted by molar-refractivity contribution is -0.131. The van der Waals surface area contributed by atoms with Crippen LogP contribution in [0, 0.1) is 0 Å². The van der Waals surface area contributed by atoms with Gasteiger partial charge in [0, 0.05) is 12.3 Å². The summed E-state index contributed by atoms with van der Waals surface area (Å²) >= 11 is 0. The molecule has 1 heterocycles. The van der Waals surface area contributed by atoms with Crippen LogP contribution in [-0.4, -0.2) is 27.1 Å². The van der Waals surface area contributed by atoms with Crippen LogP contribution in [-0.2, 0) is 4.79 Å². The van der Waals surface area contributed by atoms with Gasteiger partial charge < -0.3 is 10.2 Å². The van der Waals surface area contributed by atoms with Gasteiger partial charge in [-0.15, -0.1) is 0 Å². The Labute approximate surface area is 79.3 Å². The summed E-state index contributed by atoms with van der Waals surface area (Å²) in [5.74, 6) is -2.14. The molecule has 5 heteroatoms. The zero-order chi connectivity index (χ0) is 10.6. The Bertz CT molecular complexity index is 380. The van der Waals surface area contributed by atoms with Gasteiger partial charge in [-0.05, 0) is 18.2 Å². The van der Waals surface area contributed by atoms with Crippen LogP contribution < -0.4 is 0 Å². The number of rotatable bonds is 3. The smallest absolute Gasteiger partial charge is 0.337 e.